The number of aromatic nitrogens is 3. The molecule has 1 saturated heterocycles. The van der Waals surface area contributed by atoms with E-state index in [9.17, 15) is 22.8 Å². The SMILES string of the molecule is CN(C(=O)OC(C)(C)C)[C@@H]1CCCN(c2cc(F)c3nc(-c4cc(C(=O)c5ccccc5C(F)(F)F)c[nH]4)[nH]c3c2)C1. The summed E-state index contributed by atoms with van der Waals surface area (Å²) in [6.07, 6.45) is -2.22. The van der Waals surface area contributed by atoms with Crippen LogP contribution in [0.25, 0.3) is 22.6 Å². The largest absolute Gasteiger partial charge is 0.444 e. The summed E-state index contributed by atoms with van der Waals surface area (Å²) in [6, 6.07) is 9.00. The second-order valence-corrected chi connectivity index (χ2v) is 11.4. The van der Waals surface area contributed by atoms with E-state index in [0.29, 0.717) is 30.0 Å². The van der Waals surface area contributed by atoms with Crippen molar-refractivity contribution >= 4 is 28.6 Å². The lowest BCUT2D eigenvalue weighted by atomic mass is 9.99. The first-order valence-corrected chi connectivity index (χ1v) is 13.5. The first kappa shape index (κ1) is 29.2. The van der Waals surface area contributed by atoms with Gasteiger partial charge in [-0.15, -0.1) is 0 Å². The van der Waals surface area contributed by atoms with Crippen molar-refractivity contribution in [1.29, 1.82) is 0 Å². The number of likely N-dealkylation sites (N-methyl/N-ethyl adjacent to an activating group) is 1. The van der Waals surface area contributed by atoms with E-state index in [0.717, 1.165) is 25.0 Å². The maximum absolute atomic E-state index is 15.2. The average Bonchev–Trinajstić information content (AvgIpc) is 3.59. The van der Waals surface area contributed by atoms with Crippen LogP contribution in [-0.4, -0.2) is 63.5 Å². The van der Waals surface area contributed by atoms with Crippen LogP contribution in [0.1, 0.15) is 55.1 Å². The Morgan fingerprint density at radius 2 is 1.86 bits per heavy atom. The fourth-order valence-corrected chi connectivity index (χ4v) is 5.11. The normalized spacial score (nSPS) is 16.1. The van der Waals surface area contributed by atoms with Gasteiger partial charge in [0.2, 0.25) is 0 Å². The summed E-state index contributed by atoms with van der Waals surface area (Å²) in [7, 11) is 1.70. The van der Waals surface area contributed by atoms with Gasteiger partial charge in [0.05, 0.1) is 22.8 Å². The van der Waals surface area contributed by atoms with Gasteiger partial charge < -0.3 is 24.5 Å². The van der Waals surface area contributed by atoms with E-state index >= 15 is 4.39 Å². The molecular weight excluding hydrogens is 554 g/mol. The number of nitrogens with one attached hydrogen (secondary N) is 2. The summed E-state index contributed by atoms with van der Waals surface area (Å²) in [5.74, 6) is -1.13. The number of H-pyrrole nitrogens is 2. The van der Waals surface area contributed by atoms with Gasteiger partial charge in [0.1, 0.15) is 11.1 Å². The monoisotopic (exact) mass is 585 g/mol. The number of hydrogen-bond donors (Lipinski definition) is 2. The molecule has 0 spiro atoms. The maximum atomic E-state index is 15.2. The van der Waals surface area contributed by atoms with Crippen molar-refractivity contribution in [2.45, 2.75) is 51.4 Å². The van der Waals surface area contributed by atoms with Gasteiger partial charge in [0.25, 0.3) is 0 Å². The Hall–Kier alpha value is -4.35. The van der Waals surface area contributed by atoms with E-state index in [-0.39, 0.29) is 22.9 Å². The van der Waals surface area contributed by atoms with Gasteiger partial charge in [-0.2, -0.15) is 13.2 Å². The van der Waals surface area contributed by atoms with Gasteiger partial charge >= 0.3 is 12.3 Å². The molecule has 0 bridgehead atoms. The molecule has 0 unspecified atom stereocenters. The summed E-state index contributed by atoms with van der Waals surface area (Å²) in [4.78, 5) is 39.4. The van der Waals surface area contributed by atoms with Crippen LogP contribution in [0.5, 0.6) is 0 Å². The van der Waals surface area contributed by atoms with Crippen LogP contribution in [-0.2, 0) is 10.9 Å². The molecule has 1 fully saturated rings. The number of halogens is 4. The molecule has 0 saturated carbocycles. The number of piperidine rings is 1. The number of fused-ring (bicyclic) bond motifs is 1. The Bertz CT molecular complexity index is 1640. The topological polar surface area (TPSA) is 94.3 Å². The van der Waals surface area contributed by atoms with Crippen molar-refractivity contribution in [3.63, 3.8) is 0 Å². The summed E-state index contributed by atoms with van der Waals surface area (Å²) < 4.78 is 61.1. The number of imidazole rings is 1. The molecule has 1 atom stereocenters. The van der Waals surface area contributed by atoms with E-state index in [1.165, 1.54) is 30.5 Å². The van der Waals surface area contributed by atoms with Crippen LogP contribution >= 0.6 is 0 Å². The number of carbonyl (C=O) groups excluding carboxylic acids is 2. The van der Waals surface area contributed by atoms with Gasteiger partial charge in [-0.05, 0) is 57.9 Å². The van der Waals surface area contributed by atoms with Gasteiger partial charge in [-0.1, -0.05) is 18.2 Å². The number of aromatic amines is 2. The Kier molecular flexibility index (Phi) is 7.50. The number of ketones is 1. The Morgan fingerprint density at radius 3 is 2.57 bits per heavy atom. The van der Waals surface area contributed by atoms with E-state index in [1.807, 2.05) is 4.90 Å². The highest BCUT2D eigenvalue weighted by molar-refractivity contribution is 6.10. The molecule has 3 heterocycles. The standard InChI is InChI=1S/C30H31F4N5O3/c1-29(2,3)42-28(41)38(4)18-8-7-11-39(16-18)19-13-22(31)25-23(14-19)36-27(37-25)24-12-17(15-35-24)26(40)20-9-5-6-10-21(20)30(32,33)34/h5-6,9-10,12-15,18,35H,7-8,11,16H2,1-4H3,(H,36,37)/t18-/m1/s1. The second-order valence-electron chi connectivity index (χ2n) is 11.4. The zero-order chi connectivity index (χ0) is 30.4. The van der Waals surface area contributed by atoms with Crippen LogP contribution < -0.4 is 4.90 Å². The van der Waals surface area contributed by atoms with E-state index < -0.39 is 40.6 Å². The van der Waals surface area contributed by atoms with Crippen LogP contribution in [0.15, 0.2) is 48.7 Å². The van der Waals surface area contributed by atoms with Gasteiger partial charge in [0.15, 0.2) is 17.4 Å². The lowest BCUT2D eigenvalue weighted by Gasteiger charge is -2.39. The molecule has 1 amide bonds. The molecule has 0 aliphatic carbocycles. The molecular formula is C30H31F4N5O3. The summed E-state index contributed by atoms with van der Waals surface area (Å²) in [5, 5.41) is 0. The molecule has 8 nitrogen and oxygen atoms in total. The number of anilines is 1. The van der Waals surface area contributed by atoms with E-state index in [4.69, 9.17) is 4.74 Å². The smallest absolute Gasteiger partial charge is 0.417 e. The molecule has 1 aliphatic rings. The highest BCUT2D eigenvalue weighted by Crippen LogP contribution is 2.34. The number of carbonyl (C=O) groups is 2. The number of hydrogen-bond acceptors (Lipinski definition) is 5. The molecule has 42 heavy (non-hydrogen) atoms. The van der Waals surface area contributed by atoms with Crippen molar-refractivity contribution in [3.8, 4) is 11.5 Å². The third-order valence-electron chi connectivity index (χ3n) is 7.19. The van der Waals surface area contributed by atoms with Crippen LogP contribution in [0.4, 0.5) is 28.0 Å². The third kappa shape index (κ3) is 5.97. The minimum Gasteiger partial charge on any atom is -0.444 e. The number of ether oxygens (including phenoxy) is 1. The molecule has 2 aromatic heterocycles. The van der Waals surface area contributed by atoms with Gasteiger partial charge in [0, 0.05) is 43.1 Å². The van der Waals surface area contributed by atoms with Crippen molar-refractivity contribution in [1.82, 2.24) is 19.9 Å². The summed E-state index contributed by atoms with van der Waals surface area (Å²) >= 11 is 0. The van der Waals surface area contributed by atoms with Crippen molar-refractivity contribution in [2.24, 2.45) is 0 Å². The van der Waals surface area contributed by atoms with Crippen molar-refractivity contribution < 1.29 is 31.9 Å². The number of rotatable bonds is 5. The average molecular weight is 586 g/mol. The van der Waals surface area contributed by atoms with Crippen LogP contribution in [0.2, 0.25) is 0 Å². The summed E-state index contributed by atoms with van der Waals surface area (Å²) in [6.45, 7) is 6.58. The van der Waals surface area contributed by atoms with Crippen LogP contribution in [0, 0.1) is 5.82 Å². The fraction of sp³-hybridized carbons (Fsp3) is 0.367. The second kappa shape index (κ2) is 10.8. The van der Waals surface area contributed by atoms with Crippen LogP contribution in [0.3, 0.4) is 0 Å². The maximum Gasteiger partial charge on any atom is 0.417 e. The number of alkyl halides is 3. The van der Waals surface area contributed by atoms with E-state index in [1.54, 1.807) is 38.8 Å². The zero-order valence-electron chi connectivity index (χ0n) is 23.6. The quantitative estimate of drug-likeness (QED) is 0.199. The van der Waals surface area contributed by atoms with Crippen molar-refractivity contribution in [2.75, 3.05) is 25.0 Å². The Labute approximate surface area is 239 Å². The minimum atomic E-state index is -4.68. The Balaban J connectivity index is 1.37. The zero-order valence-corrected chi connectivity index (χ0v) is 23.6. The van der Waals surface area contributed by atoms with E-state index in [2.05, 4.69) is 15.0 Å². The van der Waals surface area contributed by atoms with Crippen molar-refractivity contribution in [3.05, 3.63) is 71.2 Å². The van der Waals surface area contributed by atoms with Gasteiger partial charge in [-0.3, -0.25) is 4.79 Å². The number of benzene rings is 2. The minimum absolute atomic E-state index is 0.0109. The molecule has 1 aliphatic heterocycles. The predicted molar refractivity (Wildman–Crippen MR) is 150 cm³/mol. The number of nitrogens with zero attached hydrogens (tertiary/aromatic N) is 3. The van der Waals surface area contributed by atoms with Gasteiger partial charge in [-0.25, -0.2) is 14.2 Å². The molecule has 0 radical (unpaired) electrons. The first-order valence-electron chi connectivity index (χ1n) is 13.5. The summed E-state index contributed by atoms with van der Waals surface area (Å²) in [5.41, 5.74) is -0.670. The highest BCUT2D eigenvalue weighted by atomic mass is 19.4. The molecule has 5 rings (SSSR count). The highest BCUT2D eigenvalue weighted by Gasteiger charge is 2.35. The molecule has 4 aromatic rings. The lowest BCUT2D eigenvalue weighted by Crippen LogP contribution is -2.49. The fourth-order valence-electron chi connectivity index (χ4n) is 5.11. The predicted octanol–water partition coefficient (Wildman–Crippen LogP) is 6.78. The number of amides is 1. The Morgan fingerprint density at radius 1 is 1.12 bits per heavy atom. The lowest BCUT2D eigenvalue weighted by molar-refractivity contribution is -0.137. The molecule has 2 aromatic carbocycles. The third-order valence-corrected chi connectivity index (χ3v) is 7.19. The molecule has 12 heteroatoms. The molecule has 222 valence electrons. The first-order chi connectivity index (χ1) is 19.7. The molecule has 2 N–H and O–H groups in total.